The van der Waals surface area contributed by atoms with Gasteiger partial charge in [-0.2, -0.15) is 0 Å². The molecule has 0 unspecified atom stereocenters. The molecule has 0 saturated carbocycles. The first kappa shape index (κ1) is 8.96. The summed E-state index contributed by atoms with van der Waals surface area (Å²) < 4.78 is 14.1. The van der Waals surface area contributed by atoms with Gasteiger partial charge >= 0.3 is 5.97 Å². The van der Waals surface area contributed by atoms with Crippen LogP contribution in [0.3, 0.4) is 0 Å². The quantitative estimate of drug-likeness (QED) is 0.788. The lowest BCUT2D eigenvalue weighted by Gasteiger charge is -1.94. The fraction of sp³-hybridized carbons (Fsp3) is 0. The molecule has 2 rings (SSSR count). The molecule has 72 valence electrons. The lowest BCUT2D eigenvalue weighted by molar-refractivity contribution is 0.0691. The Bertz CT molecular complexity index is 523. The molecule has 0 atom stereocenters. The van der Waals surface area contributed by atoms with Gasteiger partial charge in [-0.05, 0) is 6.07 Å². The third-order valence-corrected chi connectivity index (χ3v) is 1.97. The third-order valence-electron chi connectivity index (χ3n) is 1.69. The van der Waals surface area contributed by atoms with Crippen molar-refractivity contribution in [1.82, 2.24) is 9.38 Å². The fourth-order valence-electron chi connectivity index (χ4n) is 1.13. The number of aromatic carboxylic acids is 1. The number of rotatable bonds is 1. The van der Waals surface area contributed by atoms with Crippen LogP contribution in [-0.4, -0.2) is 20.5 Å². The van der Waals surface area contributed by atoms with Crippen LogP contribution in [0.1, 0.15) is 10.5 Å². The van der Waals surface area contributed by atoms with Gasteiger partial charge in [-0.15, -0.1) is 0 Å². The highest BCUT2D eigenvalue weighted by Gasteiger charge is 2.11. The second-order valence-electron chi connectivity index (χ2n) is 2.67. The first-order valence-corrected chi connectivity index (χ1v) is 4.03. The molecule has 0 aliphatic heterocycles. The van der Waals surface area contributed by atoms with Crippen LogP contribution in [0.2, 0.25) is 5.02 Å². The van der Waals surface area contributed by atoms with Crippen molar-refractivity contribution in [2.75, 3.05) is 0 Å². The molecule has 0 spiro atoms. The van der Waals surface area contributed by atoms with Crippen LogP contribution in [0.4, 0.5) is 4.39 Å². The Labute approximate surface area is 82.6 Å². The van der Waals surface area contributed by atoms with E-state index in [9.17, 15) is 9.18 Å². The maximum absolute atomic E-state index is 12.8. The number of pyridine rings is 1. The monoisotopic (exact) mass is 214 g/mol. The van der Waals surface area contributed by atoms with Crippen LogP contribution in [0, 0.1) is 5.82 Å². The van der Waals surface area contributed by atoms with E-state index < -0.39 is 11.8 Å². The maximum atomic E-state index is 12.8. The van der Waals surface area contributed by atoms with Crippen LogP contribution in [0.15, 0.2) is 18.5 Å². The van der Waals surface area contributed by atoms with Crippen LogP contribution >= 0.6 is 11.6 Å². The van der Waals surface area contributed by atoms with Gasteiger partial charge in [0.25, 0.3) is 0 Å². The molecule has 6 heteroatoms. The van der Waals surface area contributed by atoms with Crippen molar-refractivity contribution in [1.29, 1.82) is 0 Å². The number of carboxylic acid groups (broad SMARTS) is 1. The molecule has 4 nitrogen and oxygen atoms in total. The molecule has 0 bridgehead atoms. The molecular formula is C8H4ClFN2O2. The molecule has 0 aromatic carbocycles. The fourth-order valence-corrected chi connectivity index (χ4v) is 1.37. The first-order valence-electron chi connectivity index (χ1n) is 3.65. The lowest BCUT2D eigenvalue weighted by atomic mass is 10.4. The van der Waals surface area contributed by atoms with Gasteiger partial charge in [0.05, 0.1) is 5.02 Å². The Kier molecular flexibility index (Phi) is 1.89. The predicted octanol–water partition coefficient (Wildman–Crippen LogP) is 1.82. The van der Waals surface area contributed by atoms with Gasteiger partial charge in [0.1, 0.15) is 5.82 Å². The average Bonchev–Trinajstić information content (AvgIpc) is 2.47. The largest absolute Gasteiger partial charge is 0.476 e. The molecule has 0 aliphatic carbocycles. The van der Waals surface area contributed by atoms with Crippen LogP contribution in [-0.2, 0) is 0 Å². The van der Waals surface area contributed by atoms with E-state index in [-0.39, 0.29) is 16.4 Å². The summed E-state index contributed by atoms with van der Waals surface area (Å²) >= 11 is 5.66. The van der Waals surface area contributed by atoms with Gasteiger partial charge < -0.3 is 9.51 Å². The zero-order valence-electron chi connectivity index (χ0n) is 6.74. The average molecular weight is 215 g/mol. The van der Waals surface area contributed by atoms with E-state index >= 15 is 0 Å². The summed E-state index contributed by atoms with van der Waals surface area (Å²) in [7, 11) is 0. The number of halogens is 2. The normalized spacial score (nSPS) is 10.7. The van der Waals surface area contributed by atoms with E-state index in [2.05, 4.69) is 4.98 Å². The molecule has 2 heterocycles. The Morgan fingerprint density at radius 1 is 1.57 bits per heavy atom. The molecule has 0 amide bonds. The minimum atomic E-state index is -1.18. The van der Waals surface area contributed by atoms with Gasteiger partial charge in [-0.1, -0.05) is 11.6 Å². The summed E-state index contributed by atoms with van der Waals surface area (Å²) in [6, 6.07) is 1.08. The lowest BCUT2D eigenvalue weighted by Crippen LogP contribution is -1.94. The van der Waals surface area contributed by atoms with Gasteiger partial charge in [-0.25, -0.2) is 14.2 Å². The van der Waals surface area contributed by atoms with Crippen LogP contribution in [0.25, 0.3) is 5.65 Å². The van der Waals surface area contributed by atoms with Crippen LogP contribution in [0.5, 0.6) is 0 Å². The van der Waals surface area contributed by atoms with Gasteiger partial charge in [0.15, 0.2) is 11.3 Å². The number of nitrogens with zero attached hydrogens (tertiary/aromatic N) is 2. The highest BCUT2D eigenvalue weighted by molar-refractivity contribution is 6.33. The van der Waals surface area contributed by atoms with Crippen molar-refractivity contribution in [3.05, 3.63) is 35.0 Å². The summed E-state index contributed by atoms with van der Waals surface area (Å²) in [6.07, 6.45) is 2.31. The Balaban J connectivity index is 2.76. The van der Waals surface area contributed by atoms with Crippen molar-refractivity contribution in [2.45, 2.75) is 0 Å². The molecule has 14 heavy (non-hydrogen) atoms. The van der Waals surface area contributed by atoms with Crippen molar-refractivity contribution in [3.8, 4) is 0 Å². The summed E-state index contributed by atoms with van der Waals surface area (Å²) in [5, 5.41) is 8.71. The minimum absolute atomic E-state index is 0.0810. The van der Waals surface area contributed by atoms with Crippen molar-refractivity contribution in [3.63, 3.8) is 0 Å². The van der Waals surface area contributed by atoms with E-state index in [0.29, 0.717) is 0 Å². The highest BCUT2D eigenvalue weighted by atomic mass is 35.5. The molecule has 0 radical (unpaired) electrons. The van der Waals surface area contributed by atoms with Crippen LogP contribution < -0.4 is 0 Å². The van der Waals surface area contributed by atoms with Gasteiger partial charge in [-0.3, -0.25) is 0 Å². The third kappa shape index (κ3) is 1.31. The predicted molar refractivity (Wildman–Crippen MR) is 47.1 cm³/mol. The topological polar surface area (TPSA) is 54.6 Å². The maximum Gasteiger partial charge on any atom is 0.356 e. The number of fused-ring (bicyclic) bond motifs is 1. The zero-order chi connectivity index (χ0) is 10.3. The first-order chi connectivity index (χ1) is 6.58. The van der Waals surface area contributed by atoms with Gasteiger partial charge in [0, 0.05) is 12.4 Å². The number of carboxylic acids is 1. The molecular weight excluding hydrogens is 211 g/mol. The summed E-state index contributed by atoms with van der Waals surface area (Å²) in [5.74, 6) is -1.72. The Hall–Kier alpha value is -1.62. The second-order valence-corrected chi connectivity index (χ2v) is 3.08. The van der Waals surface area contributed by atoms with E-state index in [0.717, 1.165) is 12.3 Å². The number of hydrogen-bond acceptors (Lipinski definition) is 2. The molecule has 0 aliphatic rings. The molecule has 2 aromatic heterocycles. The van der Waals surface area contributed by atoms with Crippen molar-refractivity contribution >= 4 is 23.2 Å². The van der Waals surface area contributed by atoms with E-state index in [4.69, 9.17) is 16.7 Å². The highest BCUT2D eigenvalue weighted by Crippen LogP contribution is 2.18. The van der Waals surface area contributed by atoms with E-state index in [1.165, 1.54) is 10.6 Å². The molecule has 0 saturated heterocycles. The van der Waals surface area contributed by atoms with Gasteiger partial charge in [0.2, 0.25) is 0 Å². The van der Waals surface area contributed by atoms with Crippen molar-refractivity contribution < 1.29 is 14.3 Å². The van der Waals surface area contributed by atoms with E-state index in [1.807, 2.05) is 0 Å². The smallest absolute Gasteiger partial charge is 0.356 e. The number of hydrogen-bond donors (Lipinski definition) is 1. The van der Waals surface area contributed by atoms with E-state index in [1.54, 1.807) is 0 Å². The zero-order valence-corrected chi connectivity index (χ0v) is 7.49. The standard InChI is InChI=1S/C8H4ClFN2O2/c9-5-1-4(10)2-12-3-6(8(13)14)11-7(5)12/h1-3H,(H,13,14). The number of imidazole rings is 1. The summed E-state index contributed by atoms with van der Waals surface area (Å²) in [4.78, 5) is 14.3. The second kappa shape index (κ2) is 2.95. The molecule has 0 fully saturated rings. The van der Waals surface area contributed by atoms with Crippen molar-refractivity contribution in [2.24, 2.45) is 0 Å². The SMILES string of the molecule is O=C(O)c1cn2cc(F)cc(Cl)c2n1. The molecule has 2 aromatic rings. The Morgan fingerprint density at radius 2 is 2.29 bits per heavy atom. The number of carbonyl (C=O) groups is 1. The summed E-state index contributed by atoms with van der Waals surface area (Å²) in [5.41, 5.74) is 0.0583. The molecule has 1 N–H and O–H groups in total. The summed E-state index contributed by atoms with van der Waals surface area (Å²) in [6.45, 7) is 0. The minimum Gasteiger partial charge on any atom is -0.476 e. The Morgan fingerprint density at radius 3 is 2.93 bits per heavy atom. The number of aromatic nitrogens is 2.